The van der Waals surface area contributed by atoms with Gasteiger partial charge in [-0.2, -0.15) is 0 Å². The van der Waals surface area contributed by atoms with Crippen molar-refractivity contribution >= 4 is 5.91 Å². The standard InChI is InChI=1S/C23H36N2O2/c1-4-7-9-10-13-21-16-22(18-24-17-21)23(26)25-14-11-15-27-19-20(6-3)12-8-5-2/h16-18,20H,4-9,11-12,14-15,19H2,1-3H3,(H,25,26). The van der Waals surface area contributed by atoms with Crippen LogP contribution in [-0.2, 0) is 4.74 Å². The third-order valence-electron chi connectivity index (χ3n) is 4.54. The van der Waals surface area contributed by atoms with E-state index in [-0.39, 0.29) is 5.91 Å². The Morgan fingerprint density at radius 1 is 1.19 bits per heavy atom. The van der Waals surface area contributed by atoms with Crippen LogP contribution in [0.5, 0.6) is 0 Å². The van der Waals surface area contributed by atoms with Crippen molar-refractivity contribution in [3.8, 4) is 11.8 Å². The first-order valence-corrected chi connectivity index (χ1v) is 10.5. The number of carbonyl (C=O) groups is 1. The molecule has 1 heterocycles. The summed E-state index contributed by atoms with van der Waals surface area (Å²) < 4.78 is 5.77. The van der Waals surface area contributed by atoms with Crippen molar-refractivity contribution in [1.29, 1.82) is 0 Å². The van der Waals surface area contributed by atoms with Gasteiger partial charge in [-0.05, 0) is 31.2 Å². The Balaban J connectivity index is 2.27. The summed E-state index contributed by atoms with van der Waals surface area (Å²) in [5.74, 6) is 6.76. The van der Waals surface area contributed by atoms with E-state index in [1.165, 1.54) is 25.7 Å². The highest BCUT2D eigenvalue weighted by molar-refractivity contribution is 5.94. The van der Waals surface area contributed by atoms with Crippen molar-refractivity contribution in [3.05, 3.63) is 29.6 Å². The first-order valence-electron chi connectivity index (χ1n) is 10.5. The topological polar surface area (TPSA) is 51.2 Å². The Morgan fingerprint density at radius 2 is 2.00 bits per heavy atom. The summed E-state index contributed by atoms with van der Waals surface area (Å²) >= 11 is 0. The Bertz CT molecular complexity index is 590. The summed E-state index contributed by atoms with van der Waals surface area (Å²) in [6.45, 7) is 8.71. The van der Waals surface area contributed by atoms with Crippen molar-refractivity contribution in [2.24, 2.45) is 5.92 Å². The number of pyridine rings is 1. The molecule has 0 aromatic carbocycles. The van der Waals surface area contributed by atoms with Crippen LogP contribution in [0, 0.1) is 17.8 Å². The van der Waals surface area contributed by atoms with E-state index in [2.05, 4.69) is 42.9 Å². The second kappa shape index (κ2) is 15.2. The molecule has 1 amide bonds. The van der Waals surface area contributed by atoms with E-state index in [1.54, 1.807) is 18.5 Å². The van der Waals surface area contributed by atoms with E-state index in [4.69, 9.17) is 4.74 Å². The lowest BCUT2D eigenvalue weighted by atomic mass is 10.0. The van der Waals surface area contributed by atoms with Gasteiger partial charge in [0, 0.05) is 44.1 Å². The molecule has 4 nitrogen and oxygen atoms in total. The van der Waals surface area contributed by atoms with E-state index >= 15 is 0 Å². The number of aromatic nitrogens is 1. The van der Waals surface area contributed by atoms with Gasteiger partial charge in [-0.15, -0.1) is 0 Å². The summed E-state index contributed by atoms with van der Waals surface area (Å²) in [5, 5.41) is 2.93. The van der Waals surface area contributed by atoms with Crippen molar-refractivity contribution in [2.75, 3.05) is 19.8 Å². The minimum Gasteiger partial charge on any atom is -0.381 e. The van der Waals surface area contributed by atoms with Gasteiger partial charge in [0.15, 0.2) is 0 Å². The molecule has 27 heavy (non-hydrogen) atoms. The van der Waals surface area contributed by atoms with Gasteiger partial charge in [0.2, 0.25) is 0 Å². The fourth-order valence-corrected chi connectivity index (χ4v) is 2.69. The van der Waals surface area contributed by atoms with Crippen molar-refractivity contribution in [3.63, 3.8) is 0 Å². The van der Waals surface area contributed by atoms with Gasteiger partial charge >= 0.3 is 0 Å². The van der Waals surface area contributed by atoms with Crippen LogP contribution in [0.25, 0.3) is 0 Å². The maximum Gasteiger partial charge on any atom is 0.252 e. The van der Waals surface area contributed by atoms with Crippen LogP contribution >= 0.6 is 0 Å². The van der Waals surface area contributed by atoms with Crippen molar-refractivity contribution in [2.45, 2.75) is 72.1 Å². The minimum atomic E-state index is -0.103. The number of ether oxygens (including phenoxy) is 1. The van der Waals surface area contributed by atoms with Crippen molar-refractivity contribution < 1.29 is 9.53 Å². The zero-order valence-electron chi connectivity index (χ0n) is 17.4. The van der Waals surface area contributed by atoms with Gasteiger partial charge < -0.3 is 10.1 Å². The fraction of sp³-hybridized carbons (Fsp3) is 0.652. The molecule has 0 aliphatic heterocycles. The number of hydrogen-bond donors (Lipinski definition) is 1. The Hall–Kier alpha value is -1.86. The molecular weight excluding hydrogens is 336 g/mol. The number of nitrogens with zero attached hydrogens (tertiary/aromatic N) is 1. The average Bonchev–Trinajstić information content (AvgIpc) is 2.70. The average molecular weight is 373 g/mol. The van der Waals surface area contributed by atoms with Gasteiger partial charge in [0.25, 0.3) is 5.91 Å². The van der Waals surface area contributed by atoms with Gasteiger partial charge in [-0.25, -0.2) is 0 Å². The molecule has 0 aliphatic carbocycles. The third kappa shape index (κ3) is 10.8. The molecule has 0 radical (unpaired) electrons. The number of rotatable bonds is 13. The van der Waals surface area contributed by atoms with Gasteiger partial charge in [-0.3, -0.25) is 9.78 Å². The van der Waals surface area contributed by atoms with Gasteiger partial charge in [-0.1, -0.05) is 58.3 Å². The van der Waals surface area contributed by atoms with Gasteiger partial charge in [0.1, 0.15) is 0 Å². The van der Waals surface area contributed by atoms with E-state index < -0.39 is 0 Å². The van der Waals surface area contributed by atoms with Crippen LogP contribution < -0.4 is 5.32 Å². The summed E-state index contributed by atoms with van der Waals surface area (Å²) in [6, 6.07) is 1.80. The molecule has 0 aliphatic rings. The van der Waals surface area contributed by atoms with E-state index in [9.17, 15) is 4.79 Å². The van der Waals surface area contributed by atoms with Crippen LogP contribution in [0.2, 0.25) is 0 Å². The molecular formula is C23H36N2O2. The zero-order valence-corrected chi connectivity index (χ0v) is 17.4. The minimum absolute atomic E-state index is 0.103. The number of hydrogen-bond acceptors (Lipinski definition) is 3. The Morgan fingerprint density at radius 3 is 2.74 bits per heavy atom. The molecule has 0 spiro atoms. The first-order chi connectivity index (χ1) is 13.2. The molecule has 1 aromatic rings. The van der Waals surface area contributed by atoms with Crippen LogP contribution in [-0.4, -0.2) is 30.6 Å². The Labute approximate surface area is 165 Å². The molecule has 1 rings (SSSR count). The SMILES string of the molecule is CCCCC#Cc1cncc(C(=O)NCCCOCC(CC)CCCC)c1. The highest BCUT2D eigenvalue weighted by Gasteiger charge is 2.07. The summed E-state index contributed by atoms with van der Waals surface area (Å²) in [4.78, 5) is 16.4. The maximum atomic E-state index is 12.2. The number of carbonyl (C=O) groups excluding carboxylic acids is 1. The highest BCUT2D eigenvalue weighted by atomic mass is 16.5. The number of amides is 1. The molecule has 0 fully saturated rings. The predicted molar refractivity (Wildman–Crippen MR) is 112 cm³/mol. The lowest BCUT2D eigenvalue weighted by molar-refractivity contribution is 0.0875. The summed E-state index contributed by atoms with van der Waals surface area (Å²) in [6.07, 6.45) is 12.1. The maximum absolute atomic E-state index is 12.2. The fourth-order valence-electron chi connectivity index (χ4n) is 2.69. The molecule has 4 heteroatoms. The van der Waals surface area contributed by atoms with Crippen LogP contribution in [0.3, 0.4) is 0 Å². The van der Waals surface area contributed by atoms with Gasteiger partial charge in [0.05, 0.1) is 5.56 Å². The van der Waals surface area contributed by atoms with Crippen molar-refractivity contribution in [1.82, 2.24) is 10.3 Å². The molecule has 0 saturated carbocycles. The monoisotopic (exact) mass is 372 g/mol. The summed E-state index contributed by atoms with van der Waals surface area (Å²) in [5.41, 5.74) is 1.35. The molecule has 0 bridgehead atoms. The van der Waals surface area contributed by atoms with E-state index in [0.717, 1.165) is 37.9 Å². The van der Waals surface area contributed by atoms with Crippen LogP contribution in [0.15, 0.2) is 18.5 Å². The zero-order chi connectivity index (χ0) is 19.7. The normalized spacial score (nSPS) is 11.5. The molecule has 1 aromatic heterocycles. The van der Waals surface area contributed by atoms with Crippen LogP contribution in [0.1, 0.15) is 88.1 Å². The van der Waals surface area contributed by atoms with E-state index in [1.807, 2.05) is 0 Å². The number of nitrogens with one attached hydrogen (secondary N) is 1. The third-order valence-corrected chi connectivity index (χ3v) is 4.54. The quantitative estimate of drug-likeness (QED) is 0.392. The molecule has 0 saturated heterocycles. The molecule has 150 valence electrons. The molecule has 1 atom stereocenters. The highest BCUT2D eigenvalue weighted by Crippen LogP contribution is 2.12. The second-order valence-corrected chi connectivity index (χ2v) is 6.97. The molecule has 1 unspecified atom stereocenters. The largest absolute Gasteiger partial charge is 0.381 e. The smallest absolute Gasteiger partial charge is 0.252 e. The second-order valence-electron chi connectivity index (χ2n) is 6.97. The van der Waals surface area contributed by atoms with E-state index in [0.29, 0.717) is 24.6 Å². The Kier molecular flexibility index (Phi) is 13.1. The number of unbranched alkanes of at least 4 members (excludes halogenated alkanes) is 3. The van der Waals surface area contributed by atoms with Crippen LogP contribution in [0.4, 0.5) is 0 Å². The lowest BCUT2D eigenvalue weighted by Crippen LogP contribution is -2.25. The first kappa shape index (κ1) is 23.2. The molecule has 1 N–H and O–H groups in total. The lowest BCUT2D eigenvalue weighted by Gasteiger charge is -2.14. The summed E-state index contributed by atoms with van der Waals surface area (Å²) in [7, 11) is 0. The predicted octanol–water partition coefficient (Wildman–Crippen LogP) is 4.98.